The lowest BCUT2D eigenvalue weighted by Gasteiger charge is -2.39. The summed E-state index contributed by atoms with van der Waals surface area (Å²) < 4.78 is 16.9. The molecule has 2 heterocycles. The third-order valence-corrected chi connectivity index (χ3v) is 5.31. The van der Waals surface area contributed by atoms with Crippen LogP contribution in [-0.2, 0) is 4.74 Å². The first kappa shape index (κ1) is 21.1. The van der Waals surface area contributed by atoms with Crippen molar-refractivity contribution < 1.29 is 39.4 Å². The van der Waals surface area contributed by atoms with E-state index in [2.05, 4.69) is 0 Å². The minimum atomic E-state index is -1.44. The second-order valence-corrected chi connectivity index (χ2v) is 7.59. The Balaban J connectivity index is 1.64. The summed E-state index contributed by atoms with van der Waals surface area (Å²) in [4.78, 5) is 12.4. The Labute approximate surface area is 176 Å². The molecule has 0 spiro atoms. The molecule has 0 aliphatic carbocycles. The molecule has 3 aromatic rings. The monoisotopic (exact) mass is 430 g/mol. The predicted molar refractivity (Wildman–Crippen MR) is 109 cm³/mol. The molecular weight excluding hydrogens is 408 g/mol. The molecule has 4 rings (SSSR count). The average Bonchev–Trinajstić information content (AvgIpc) is 2.70. The second kappa shape index (κ2) is 7.86. The number of aromatic hydroxyl groups is 2. The van der Waals surface area contributed by atoms with Gasteiger partial charge in [0.05, 0.1) is 6.10 Å². The van der Waals surface area contributed by atoms with Crippen LogP contribution in [0.3, 0.4) is 0 Å². The van der Waals surface area contributed by atoms with Gasteiger partial charge in [0.15, 0.2) is 5.43 Å². The molecule has 0 amide bonds. The van der Waals surface area contributed by atoms with Crippen molar-refractivity contribution in [2.75, 3.05) is 0 Å². The summed E-state index contributed by atoms with van der Waals surface area (Å²) in [6, 6.07) is 8.44. The van der Waals surface area contributed by atoms with Gasteiger partial charge in [0.25, 0.3) is 0 Å². The minimum Gasteiger partial charge on any atom is -0.508 e. The topological polar surface area (TPSA) is 150 Å². The van der Waals surface area contributed by atoms with Gasteiger partial charge in [-0.05, 0) is 37.6 Å². The molecule has 5 N–H and O–H groups in total. The van der Waals surface area contributed by atoms with Gasteiger partial charge in [-0.1, -0.05) is 0 Å². The summed E-state index contributed by atoms with van der Waals surface area (Å²) in [5, 5.41) is 49.4. The van der Waals surface area contributed by atoms with Crippen molar-refractivity contribution in [1.29, 1.82) is 0 Å². The summed E-state index contributed by atoms with van der Waals surface area (Å²) in [7, 11) is 0. The molecule has 5 atom stereocenters. The zero-order valence-corrected chi connectivity index (χ0v) is 16.7. The molecule has 9 nitrogen and oxygen atoms in total. The van der Waals surface area contributed by atoms with Gasteiger partial charge in [-0.3, -0.25) is 4.79 Å². The molecule has 1 aliphatic heterocycles. The fourth-order valence-electron chi connectivity index (χ4n) is 3.57. The lowest BCUT2D eigenvalue weighted by molar-refractivity contribution is -0.268. The zero-order valence-electron chi connectivity index (χ0n) is 16.7. The van der Waals surface area contributed by atoms with Crippen molar-refractivity contribution >= 4 is 11.0 Å². The van der Waals surface area contributed by atoms with Crippen molar-refractivity contribution in [2.24, 2.45) is 0 Å². The maximum absolute atomic E-state index is 12.4. The number of rotatable bonds is 3. The highest BCUT2D eigenvalue weighted by atomic mass is 16.7. The van der Waals surface area contributed by atoms with Crippen LogP contribution in [0.25, 0.3) is 22.3 Å². The normalized spacial score (nSPS) is 26.2. The third kappa shape index (κ3) is 3.84. The van der Waals surface area contributed by atoms with E-state index in [4.69, 9.17) is 13.9 Å². The molecule has 1 aromatic heterocycles. The maximum Gasteiger partial charge on any atom is 0.229 e. The molecule has 1 fully saturated rings. The van der Waals surface area contributed by atoms with E-state index in [-0.39, 0.29) is 28.2 Å². The number of benzene rings is 2. The standard InChI is InChI=1S/C22H22O9/c1-9-5-11(16-8-14(25)18-13(24)6-12(23)7-17(18)30-16)3-4-15(9)31-22-21(28)20(27)19(26)10(2)29-22/h3-8,10,19-24,26-28H,1-2H3/t10-,19-,20+,21+,22-/m0/s1. The Morgan fingerprint density at radius 2 is 1.71 bits per heavy atom. The Hall–Kier alpha value is -3.11. The van der Waals surface area contributed by atoms with Crippen molar-refractivity contribution in [3.63, 3.8) is 0 Å². The van der Waals surface area contributed by atoms with E-state index in [0.29, 0.717) is 16.9 Å². The van der Waals surface area contributed by atoms with Crippen molar-refractivity contribution in [3.05, 3.63) is 52.2 Å². The van der Waals surface area contributed by atoms with Crippen LogP contribution in [-0.4, -0.2) is 56.2 Å². The quantitative estimate of drug-likeness (QED) is 0.415. The van der Waals surface area contributed by atoms with Crippen molar-refractivity contribution in [1.82, 2.24) is 0 Å². The van der Waals surface area contributed by atoms with E-state index < -0.39 is 36.1 Å². The molecule has 164 valence electrons. The van der Waals surface area contributed by atoms with Crippen LogP contribution >= 0.6 is 0 Å². The smallest absolute Gasteiger partial charge is 0.229 e. The number of fused-ring (bicyclic) bond motifs is 1. The predicted octanol–water partition coefficient (Wildman–Crippen LogP) is 1.39. The van der Waals surface area contributed by atoms with E-state index in [1.807, 2.05) is 0 Å². The fourth-order valence-corrected chi connectivity index (χ4v) is 3.57. The Bertz CT molecular complexity index is 1190. The minimum absolute atomic E-state index is 0.0310. The van der Waals surface area contributed by atoms with Crippen LogP contribution in [0, 0.1) is 6.92 Å². The van der Waals surface area contributed by atoms with Crippen molar-refractivity contribution in [3.8, 4) is 28.6 Å². The Morgan fingerprint density at radius 1 is 0.968 bits per heavy atom. The molecule has 0 unspecified atom stereocenters. The van der Waals surface area contributed by atoms with Crippen LogP contribution in [0.5, 0.6) is 17.2 Å². The summed E-state index contributed by atoms with van der Waals surface area (Å²) in [5.41, 5.74) is 0.744. The van der Waals surface area contributed by atoms with Crippen LogP contribution in [0.4, 0.5) is 0 Å². The molecular formula is C22H22O9. The van der Waals surface area contributed by atoms with E-state index >= 15 is 0 Å². The van der Waals surface area contributed by atoms with Gasteiger partial charge < -0.3 is 39.4 Å². The van der Waals surface area contributed by atoms with Crippen LogP contribution in [0.2, 0.25) is 0 Å². The highest BCUT2D eigenvalue weighted by Gasteiger charge is 2.43. The number of phenolic OH excluding ortho intramolecular Hbond substituents is 2. The average molecular weight is 430 g/mol. The van der Waals surface area contributed by atoms with E-state index in [9.17, 15) is 30.3 Å². The molecule has 2 aromatic carbocycles. The van der Waals surface area contributed by atoms with Gasteiger partial charge in [-0.2, -0.15) is 0 Å². The van der Waals surface area contributed by atoms with Crippen LogP contribution < -0.4 is 10.2 Å². The maximum atomic E-state index is 12.4. The first-order valence-electron chi connectivity index (χ1n) is 9.63. The Morgan fingerprint density at radius 3 is 2.42 bits per heavy atom. The second-order valence-electron chi connectivity index (χ2n) is 7.59. The zero-order chi connectivity index (χ0) is 22.4. The highest BCUT2D eigenvalue weighted by molar-refractivity contribution is 5.86. The van der Waals surface area contributed by atoms with Gasteiger partial charge >= 0.3 is 0 Å². The van der Waals surface area contributed by atoms with Crippen molar-refractivity contribution in [2.45, 2.75) is 44.6 Å². The first-order valence-corrected chi connectivity index (χ1v) is 9.63. The number of ether oxygens (including phenoxy) is 2. The van der Waals surface area contributed by atoms with Crippen LogP contribution in [0.15, 0.2) is 45.6 Å². The lowest BCUT2D eigenvalue weighted by Crippen LogP contribution is -2.58. The highest BCUT2D eigenvalue weighted by Crippen LogP contribution is 2.33. The molecule has 31 heavy (non-hydrogen) atoms. The number of aryl methyl sites for hydroxylation is 1. The molecule has 0 saturated carbocycles. The third-order valence-electron chi connectivity index (χ3n) is 5.31. The molecule has 1 saturated heterocycles. The number of phenols is 2. The first-order chi connectivity index (χ1) is 14.7. The summed E-state index contributed by atoms with van der Waals surface area (Å²) in [6.07, 6.45) is -5.99. The SMILES string of the molecule is Cc1cc(-c2cc(=O)c3c(O)cc(O)cc3o2)ccc1O[C@@H]1O[C@@H](C)[C@H](O)[C@@H](O)[C@H]1O. The van der Waals surface area contributed by atoms with Gasteiger partial charge in [0.2, 0.25) is 6.29 Å². The molecule has 0 bridgehead atoms. The van der Waals surface area contributed by atoms with E-state index in [1.54, 1.807) is 32.0 Å². The van der Waals surface area contributed by atoms with Gasteiger partial charge in [0.1, 0.15) is 52.3 Å². The van der Waals surface area contributed by atoms with Gasteiger partial charge in [-0.25, -0.2) is 0 Å². The van der Waals surface area contributed by atoms with E-state index in [0.717, 1.165) is 6.07 Å². The number of aliphatic hydroxyl groups is 3. The number of hydrogen-bond acceptors (Lipinski definition) is 9. The summed E-state index contributed by atoms with van der Waals surface area (Å²) >= 11 is 0. The van der Waals surface area contributed by atoms with Crippen LogP contribution in [0.1, 0.15) is 12.5 Å². The van der Waals surface area contributed by atoms with Gasteiger partial charge in [-0.15, -0.1) is 0 Å². The van der Waals surface area contributed by atoms with Gasteiger partial charge in [0, 0.05) is 23.8 Å². The largest absolute Gasteiger partial charge is 0.508 e. The molecule has 1 aliphatic rings. The van der Waals surface area contributed by atoms with E-state index in [1.165, 1.54) is 12.1 Å². The lowest BCUT2D eigenvalue weighted by atomic mass is 10.00. The fraction of sp³-hybridized carbons (Fsp3) is 0.318. The molecule has 9 heteroatoms. The number of aliphatic hydroxyl groups excluding tert-OH is 3. The number of hydrogen-bond donors (Lipinski definition) is 5. The summed E-state index contributed by atoms with van der Waals surface area (Å²) in [6.45, 7) is 3.29. The summed E-state index contributed by atoms with van der Waals surface area (Å²) in [5.74, 6) is -0.0270. The Kier molecular flexibility index (Phi) is 5.36. The molecule has 0 radical (unpaired) electrons.